The molecule has 0 heterocycles. The van der Waals surface area contributed by atoms with E-state index in [9.17, 15) is 0 Å². The van der Waals surface area contributed by atoms with Gasteiger partial charge in [0.15, 0.2) is 0 Å². The third-order valence-corrected chi connectivity index (χ3v) is 0.769. The molecular formula is C9H8. The van der Waals surface area contributed by atoms with Crippen molar-refractivity contribution in [3.8, 4) is 12.3 Å². The lowest BCUT2D eigenvalue weighted by molar-refractivity contribution is 1.46. The van der Waals surface area contributed by atoms with Crippen molar-refractivity contribution in [3.63, 3.8) is 0 Å². The summed E-state index contributed by atoms with van der Waals surface area (Å²) in [5.41, 5.74) is -0.815. The highest BCUT2D eigenvalue weighted by molar-refractivity contribution is 5.33. The molecule has 0 unspecified atom stereocenters. The fourth-order valence-electron chi connectivity index (χ4n) is 0.385. The van der Waals surface area contributed by atoms with E-state index in [1.165, 1.54) is 0 Å². The molecule has 0 aromatic heterocycles. The molecule has 0 spiro atoms. The van der Waals surface area contributed by atoms with E-state index in [1.807, 2.05) is 5.92 Å². The van der Waals surface area contributed by atoms with Crippen molar-refractivity contribution < 1.29 is 9.60 Å². The van der Waals surface area contributed by atoms with Gasteiger partial charge in [0.25, 0.3) is 0 Å². The lowest BCUT2D eigenvalue weighted by atomic mass is 10.2. The zero-order valence-corrected chi connectivity index (χ0v) is 4.58. The van der Waals surface area contributed by atoms with Crippen molar-refractivity contribution in [3.05, 3.63) is 35.3 Å². The zero-order valence-electron chi connectivity index (χ0n) is 11.6. The number of hydrogen-bond acceptors (Lipinski definition) is 0. The Hall–Kier alpha value is -1.22. The predicted octanol–water partition coefficient (Wildman–Crippen LogP) is 1.98. The van der Waals surface area contributed by atoms with Crippen LogP contribution in [0.2, 0.25) is 0 Å². The van der Waals surface area contributed by atoms with Crippen LogP contribution in [-0.2, 0) is 0 Å². The molecule has 9 heavy (non-hydrogen) atoms. The van der Waals surface area contributed by atoms with Crippen molar-refractivity contribution in [1.82, 2.24) is 0 Å². The topological polar surface area (TPSA) is 0 Å². The maximum atomic E-state index is 7.49. The first kappa shape index (κ1) is 1.64. The molecule has 0 nitrogen and oxygen atoms in total. The minimum atomic E-state index is -2.69. The van der Waals surface area contributed by atoms with Crippen LogP contribution in [0, 0.1) is 19.2 Å². The number of terminal acetylenes is 1. The summed E-state index contributed by atoms with van der Waals surface area (Å²) in [4.78, 5) is 0. The Balaban J connectivity index is 3.76. The van der Waals surface area contributed by atoms with E-state index in [-0.39, 0.29) is 5.56 Å². The van der Waals surface area contributed by atoms with Gasteiger partial charge in [-0.15, -0.1) is 6.42 Å². The Kier molecular flexibility index (Phi) is 0.431. The van der Waals surface area contributed by atoms with Gasteiger partial charge in [-0.2, -0.15) is 0 Å². The Morgan fingerprint density at radius 2 is 2.22 bits per heavy atom. The summed E-state index contributed by atoms with van der Waals surface area (Å²) < 4.78 is 51.4. The first-order valence-corrected chi connectivity index (χ1v) is 2.29. The standard InChI is InChI=1S/C9H8/c1-3-9-6-4-8(2)5-7-9/h1,4-7H,2H3/i2D3,4D,5D,6D,7D. The Bertz CT molecular complexity index is 449. The van der Waals surface area contributed by atoms with Crippen LogP contribution in [0.25, 0.3) is 0 Å². The molecule has 1 aromatic carbocycles. The second kappa shape index (κ2) is 2.37. The van der Waals surface area contributed by atoms with E-state index in [2.05, 4.69) is 0 Å². The van der Waals surface area contributed by atoms with Gasteiger partial charge in [-0.1, -0.05) is 23.6 Å². The molecule has 0 aliphatic rings. The van der Waals surface area contributed by atoms with Crippen LogP contribution in [0.3, 0.4) is 0 Å². The summed E-state index contributed by atoms with van der Waals surface area (Å²) in [7, 11) is 0. The Labute approximate surface area is 65.4 Å². The minimum Gasteiger partial charge on any atom is -0.115 e. The third kappa shape index (κ3) is 1.33. The van der Waals surface area contributed by atoms with Crippen LogP contribution in [0.1, 0.15) is 20.7 Å². The van der Waals surface area contributed by atoms with Crippen LogP contribution in [0.4, 0.5) is 0 Å². The molecule has 0 fully saturated rings. The van der Waals surface area contributed by atoms with Crippen molar-refractivity contribution >= 4 is 0 Å². The monoisotopic (exact) mass is 123 g/mol. The molecule has 1 rings (SSSR count). The molecule has 0 saturated heterocycles. The quantitative estimate of drug-likeness (QED) is 0.463. The summed E-state index contributed by atoms with van der Waals surface area (Å²) in [6.45, 7) is -2.69. The van der Waals surface area contributed by atoms with Crippen LogP contribution in [-0.4, -0.2) is 0 Å². The minimum absolute atomic E-state index is 0.219. The molecule has 0 N–H and O–H groups in total. The molecule has 0 radical (unpaired) electrons. The second-order valence-corrected chi connectivity index (χ2v) is 1.39. The first-order valence-electron chi connectivity index (χ1n) is 5.79. The molecule has 1 aromatic rings. The number of rotatable bonds is 0. The Morgan fingerprint density at radius 3 is 2.67 bits per heavy atom. The van der Waals surface area contributed by atoms with E-state index in [1.54, 1.807) is 0 Å². The van der Waals surface area contributed by atoms with Gasteiger partial charge in [-0.05, 0) is 18.9 Å². The molecule has 0 heteroatoms. The zero-order chi connectivity index (χ0) is 12.7. The van der Waals surface area contributed by atoms with E-state index < -0.39 is 36.6 Å². The van der Waals surface area contributed by atoms with Gasteiger partial charge in [0.2, 0.25) is 0 Å². The molecule has 0 amide bonds. The van der Waals surface area contributed by atoms with Gasteiger partial charge in [-0.25, -0.2) is 0 Å². The van der Waals surface area contributed by atoms with Crippen molar-refractivity contribution in [2.24, 2.45) is 0 Å². The average molecular weight is 123 g/mol. The fourth-order valence-corrected chi connectivity index (χ4v) is 0.385. The largest absolute Gasteiger partial charge is 0.115 e. The maximum absolute atomic E-state index is 7.49. The normalized spacial score (nSPS) is 21.0. The van der Waals surface area contributed by atoms with Crippen molar-refractivity contribution in [2.45, 2.75) is 6.85 Å². The van der Waals surface area contributed by atoms with Crippen LogP contribution < -0.4 is 0 Å². The van der Waals surface area contributed by atoms with E-state index in [4.69, 9.17) is 16.0 Å². The molecule has 0 aliphatic carbocycles. The molecule has 0 aliphatic heterocycles. The number of benzene rings is 1. The van der Waals surface area contributed by atoms with Crippen LogP contribution >= 0.6 is 0 Å². The van der Waals surface area contributed by atoms with Crippen molar-refractivity contribution in [2.75, 3.05) is 0 Å². The summed E-state index contributed by atoms with van der Waals surface area (Å²) in [6, 6.07) is -2.19. The fraction of sp³-hybridized carbons (Fsp3) is 0.111. The predicted molar refractivity (Wildman–Crippen MR) is 39.1 cm³/mol. The van der Waals surface area contributed by atoms with E-state index >= 15 is 0 Å². The van der Waals surface area contributed by atoms with Gasteiger partial charge in [0.05, 0.1) is 5.48 Å². The SMILES string of the molecule is [2H]c1c([2H])c(C([2H])([2H])[2H])c([2H])c([2H])c1C#C. The van der Waals surface area contributed by atoms with Gasteiger partial charge in [0, 0.05) is 9.68 Å². The summed E-state index contributed by atoms with van der Waals surface area (Å²) in [5, 5.41) is 0. The molecule has 0 bridgehead atoms. The molecule has 44 valence electrons. The van der Waals surface area contributed by atoms with Gasteiger partial charge in [0.1, 0.15) is 0 Å². The van der Waals surface area contributed by atoms with Gasteiger partial charge < -0.3 is 0 Å². The molecule has 0 atom stereocenters. The lowest BCUT2D eigenvalue weighted by Crippen LogP contribution is -1.72. The summed E-state index contributed by atoms with van der Waals surface area (Å²) in [5.74, 6) is 2.03. The third-order valence-electron chi connectivity index (χ3n) is 0.769. The number of hydrogen-bond donors (Lipinski definition) is 0. The average Bonchev–Trinajstić information content (AvgIpc) is 2.14. The van der Waals surface area contributed by atoms with Crippen LogP contribution in [0.5, 0.6) is 0 Å². The van der Waals surface area contributed by atoms with E-state index in [0.717, 1.165) is 0 Å². The van der Waals surface area contributed by atoms with Crippen molar-refractivity contribution in [1.29, 1.82) is 0 Å². The summed E-state index contributed by atoms with van der Waals surface area (Å²) >= 11 is 0. The van der Waals surface area contributed by atoms with E-state index in [0.29, 0.717) is 0 Å². The smallest absolute Gasteiger partial charge is 0.0636 e. The van der Waals surface area contributed by atoms with Gasteiger partial charge >= 0.3 is 0 Å². The highest BCUT2D eigenvalue weighted by Crippen LogP contribution is 1.99. The lowest BCUT2D eigenvalue weighted by Gasteiger charge is -1.89. The maximum Gasteiger partial charge on any atom is 0.0636 e. The summed E-state index contributed by atoms with van der Waals surface area (Å²) in [6.07, 6.45) is 5.05. The molecule has 0 saturated carbocycles. The first-order chi connectivity index (χ1) is 7.21. The highest BCUT2D eigenvalue weighted by atomic mass is 13.9. The highest BCUT2D eigenvalue weighted by Gasteiger charge is 1.82. The van der Waals surface area contributed by atoms with Gasteiger partial charge in [-0.3, -0.25) is 0 Å². The Morgan fingerprint density at radius 1 is 1.56 bits per heavy atom. The van der Waals surface area contributed by atoms with Crippen LogP contribution in [0.15, 0.2) is 24.2 Å². The molecular weight excluding hydrogens is 108 g/mol. The second-order valence-electron chi connectivity index (χ2n) is 1.39.